The van der Waals surface area contributed by atoms with Gasteiger partial charge in [-0.05, 0) is 19.3 Å². The van der Waals surface area contributed by atoms with Crippen molar-refractivity contribution >= 4 is 11.8 Å². The zero-order valence-electron chi connectivity index (χ0n) is 16.7. The average Bonchev–Trinajstić information content (AvgIpc) is 2.89. The maximum Gasteiger partial charge on any atom is 0.305 e. The number of rotatable bonds is 13. The van der Waals surface area contributed by atoms with Crippen molar-refractivity contribution in [3.8, 4) is 0 Å². The molecule has 6 nitrogen and oxygen atoms in total. The van der Waals surface area contributed by atoms with Crippen LogP contribution in [0.4, 0.5) is 0 Å². The summed E-state index contributed by atoms with van der Waals surface area (Å²) in [7, 11) is 1.34. The van der Waals surface area contributed by atoms with E-state index >= 15 is 0 Å². The van der Waals surface area contributed by atoms with Gasteiger partial charge in [-0.3, -0.25) is 9.59 Å². The Morgan fingerprint density at radius 3 is 2.48 bits per heavy atom. The van der Waals surface area contributed by atoms with E-state index < -0.39 is 18.3 Å². The van der Waals surface area contributed by atoms with E-state index in [-0.39, 0.29) is 36.4 Å². The van der Waals surface area contributed by atoms with Crippen LogP contribution in [0.1, 0.15) is 71.1 Å². The molecule has 27 heavy (non-hydrogen) atoms. The smallest absolute Gasteiger partial charge is 0.305 e. The van der Waals surface area contributed by atoms with Crippen molar-refractivity contribution in [3.05, 3.63) is 12.2 Å². The molecule has 0 spiro atoms. The van der Waals surface area contributed by atoms with Crippen molar-refractivity contribution in [1.29, 1.82) is 0 Å². The number of ether oxygens (including phenoxy) is 1. The topological polar surface area (TPSA) is 104 Å². The number of hydrogen-bond donors (Lipinski definition) is 3. The lowest BCUT2D eigenvalue weighted by atomic mass is 9.87. The van der Waals surface area contributed by atoms with Crippen molar-refractivity contribution in [1.82, 2.24) is 0 Å². The van der Waals surface area contributed by atoms with Crippen LogP contribution >= 0.6 is 0 Å². The molecule has 3 N–H and O–H groups in total. The van der Waals surface area contributed by atoms with Crippen LogP contribution in [0.3, 0.4) is 0 Å². The van der Waals surface area contributed by atoms with E-state index in [1.54, 1.807) is 12.2 Å². The van der Waals surface area contributed by atoms with Gasteiger partial charge >= 0.3 is 5.97 Å². The van der Waals surface area contributed by atoms with Gasteiger partial charge in [0.05, 0.1) is 25.4 Å². The molecular weight excluding hydrogens is 348 g/mol. The number of ketones is 1. The number of carbonyl (C=O) groups is 2. The minimum atomic E-state index is -0.717. The molecule has 0 saturated heterocycles. The molecule has 6 heteroatoms. The van der Waals surface area contributed by atoms with Gasteiger partial charge in [-0.15, -0.1) is 0 Å². The standard InChI is InChI=1S/C21H36O6/c1-3-4-5-8-15(22)11-12-17-18(20(25)14-19(17)24)13-16(23)9-6-7-10-21(26)27-2/h11-12,15,17-20,22,24-25H,3-10,13-14H2,1-2H3/b12-11+/t15-,17-,18+,19+,20-/m0/s1. The first-order valence-electron chi connectivity index (χ1n) is 10.2. The molecule has 0 unspecified atom stereocenters. The number of Topliss-reactive ketones (excluding diaryl/α,β-unsaturated/α-hetero) is 1. The molecule has 0 heterocycles. The van der Waals surface area contributed by atoms with E-state index in [0.29, 0.717) is 32.1 Å². The molecule has 0 aromatic carbocycles. The second kappa shape index (κ2) is 13.0. The minimum absolute atomic E-state index is 0.0277. The zero-order valence-corrected chi connectivity index (χ0v) is 16.7. The first kappa shape index (κ1) is 23.8. The quantitative estimate of drug-likeness (QED) is 0.256. The van der Waals surface area contributed by atoms with Crippen molar-refractivity contribution in [3.63, 3.8) is 0 Å². The van der Waals surface area contributed by atoms with Crippen LogP contribution in [-0.4, -0.2) is 52.5 Å². The number of hydrogen-bond acceptors (Lipinski definition) is 6. The largest absolute Gasteiger partial charge is 0.469 e. The highest BCUT2D eigenvalue weighted by molar-refractivity contribution is 5.78. The minimum Gasteiger partial charge on any atom is -0.469 e. The lowest BCUT2D eigenvalue weighted by Crippen LogP contribution is -2.24. The van der Waals surface area contributed by atoms with E-state index in [1.807, 2.05) is 0 Å². The third-order valence-electron chi connectivity index (χ3n) is 5.35. The zero-order chi connectivity index (χ0) is 20.2. The highest BCUT2D eigenvalue weighted by Crippen LogP contribution is 2.36. The maximum absolute atomic E-state index is 12.2. The van der Waals surface area contributed by atoms with Gasteiger partial charge in [0.2, 0.25) is 0 Å². The van der Waals surface area contributed by atoms with Crippen molar-refractivity contribution in [2.24, 2.45) is 11.8 Å². The second-order valence-electron chi connectivity index (χ2n) is 7.59. The summed E-state index contributed by atoms with van der Waals surface area (Å²) in [4.78, 5) is 23.3. The summed E-state index contributed by atoms with van der Waals surface area (Å²) < 4.78 is 4.57. The van der Waals surface area contributed by atoms with Crippen LogP contribution in [0, 0.1) is 11.8 Å². The average molecular weight is 385 g/mol. The van der Waals surface area contributed by atoms with E-state index in [0.717, 1.165) is 19.3 Å². The number of esters is 1. The van der Waals surface area contributed by atoms with Crippen LogP contribution in [-0.2, 0) is 14.3 Å². The van der Waals surface area contributed by atoms with Gasteiger partial charge in [-0.25, -0.2) is 0 Å². The van der Waals surface area contributed by atoms with Crippen LogP contribution in [0.5, 0.6) is 0 Å². The number of unbranched alkanes of at least 4 members (excludes halogenated alkanes) is 3. The van der Waals surface area contributed by atoms with Gasteiger partial charge in [-0.2, -0.15) is 0 Å². The number of methoxy groups -OCH3 is 1. The van der Waals surface area contributed by atoms with Crippen molar-refractivity contribution in [2.75, 3.05) is 7.11 Å². The highest BCUT2D eigenvalue weighted by atomic mass is 16.5. The second-order valence-corrected chi connectivity index (χ2v) is 7.59. The molecular formula is C21H36O6. The van der Waals surface area contributed by atoms with Gasteiger partial charge in [0, 0.05) is 37.5 Å². The van der Waals surface area contributed by atoms with Gasteiger partial charge in [-0.1, -0.05) is 38.3 Å². The Kier molecular flexibility index (Phi) is 11.5. The Hall–Kier alpha value is -1.24. The molecule has 0 aliphatic heterocycles. The number of aliphatic hydroxyl groups excluding tert-OH is 3. The first-order valence-corrected chi connectivity index (χ1v) is 10.2. The lowest BCUT2D eigenvalue weighted by Gasteiger charge is -2.20. The van der Waals surface area contributed by atoms with Gasteiger partial charge < -0.3 is 20.1 Å². The number of aliphatic hydroxyl groups is 3. The van der Waals surface area contributed by atoms with Crippen LogP contribution in [0.25, 0.3) is 0 Å². The Morgan fingerprint density at radius 2 is 1.81 bits per heavy atom. The summed E-state index contributed by atoms with van der Waals surface area (Å²) in [5, 5.41) is 30.5. The van der Waals surface area contributed by atoms with Crippen molar-refractivity contribution < 1.29 is 29.6 Å². The SMILES string of the molecule is CCCCC[C@H](O)/C=C/[C@H]1[C@@H](CC(=O)CCCCC(=O)OC)[C@@H](O)C[C@H]1O. The summed E-state index contributed by atoms with van der Waals surface area (Å²) >= 11 is 0. The molecule has 1 fully saturated rings. The summed E-state index contributed by atoms with van der Waals surface area (Å²) in [5.74, 6) is -0.897. The van der Waals surface area contributed by atoms with Crippen LogP contribution in [0.15, 0.2) is 12.2 Å². The fraction of sp³-hybridized carbons (Fsp3) is 0.810. The number of carbonyl (C=O) groups excluding carboxylic acids is 2. The summed E-state index contributed by atoms with van der Waals surface area (Å²) in [6.45, 7) is 2.11. The summed E-state index contributed by atoms with van der Waals surface area (Å²) in [5.41, 5.74) is 0. The first-order chi connectivity index (χ1) is 12.9. The van der Waals surface area contributed by atoms with E-state index in [9.17, 15) is 24.9 Å². The predicted molar refractivity (Wildman–Crippen MR) is 103 cm³/mol. The Balaban J connectivity index is 2.48. The highest BCUT2D eigenvalue weighted by Gasteiger charge is 2.41. The van der Waals surface area contributed by atoms with Gasteiger partial charge in [0.1, 0.15) is 5.78 Å². The Labute approximate surface area is 162 Å². The Bertz CT molecular complexity index is 475. The molecule has 0 bridgehead atoms. The molecule has 0 amide bonds. The third-order valence-corrected chi connectivity index (χ3v) is 5.35. The summed E-state index contributed by atoms with van der Waals surface area (Å²) in [6.07, 6.45) is 7.60. The monoisotopic (exact) mass is 384 g/mol. The lowest BCUT2D eigenvalue weighted by molar-refractivity contribution is -0.140. The molecule has 0 aromatic rings. The fourth-order valence-corrected chi connectivity index (χ4v) is 3.68. The van der Waals surface area contributed by atoms with Crippen molar-refractivity contribution in [2.45, 2.75) is 89.4 Å². The summed E-state index contributed by atoms with van der Waals surface area (Å²) in [6, 6.07) is 0. The molecule has 0 aromatic heterocycles. The van der Waals surface area contributed by atoms with Crippen LogP contribution < -0.4 is 0 Å². The Morgan fingerprint density at radius 1 is 1.11 bits per heavy atom. The normalized spacial score (nSPS) is 26.4. The van der Waals surface area contributed by atoms with Gasteiger partial charge in [0.25, 0.3) is 0 Å². The predicted octanol–water partition coefficient (Wildman–Crippen LogP) is 2.53. The van der Waals surface area contributed by atoms with E-state index in [2.05, 4.69) is 11.7 Å². The molecule has 1 saturated carbocycles. The molecule has 0 radical (unpaired) electrons. The van der Waals surface area contributed by atoms with E-state index in [4.69, 9.17) is 0 Å². The van der Waals surface area contributed by atoms with Crippen LogP contribution in [0.2, 0.25) is 0 Å². The van der Waals surface area contributed by atoms with E-state index in [1.165, 1.54) is 7.11 Å². The molecule has 1 aliphatic rings. The maximum atomic E-state index is 12.2. The fourth-order valence-electron chi connectivity index (χ4n) is 3.68. The molecule has 1 rings (SSSR count). The van der Waals surface area contributed by atoms with Gasteiger partial charge in [0.15, 0.2) is 0 Å². The molecule has 156 valence electrons. The molecule has 5 atom stereocenters. The third kappa shape index (κ3) is 9.00. The molecule has 1 aliphatic carbocycles.